The SMILES string of the molecule is O=c1cc(-c2cccc(C=Cc3ccc4ccccc4n3)c2)oc2c(-c3nn[nH]n3)cc(Cl)cc12. The maximum atomic E-state index is 12.9. The number of benzene rings is 3. The van der Waals surface area contributed by atoms with Crippen molar-refractivity contribution >= 4 is 45.6 Å². The number of aromatic amines is 1. The number of pyridine rings is 1. The number of halogens is 1. The third-order valence-electron chi connectivity index (χ3n) is 5.62. The van der Waals surface area contributed by atoms with Gasteiger partial charge >= 0.3 is 0 Å². The number of hydrogen-bond donors (Lipinski definition) is 1. The van der Waals surface area contributed by atoms with E-state index in [-0.39, 0.29) is 11.3 Å². The lowest BCUT2D eigenvalue weighted by atomic mass is 10.1. The van der Waals surface area contributed by atoms with Crippen LogP contribution in [0.3, 0.4) is 0 Å². The van der Waals surface area contributed by atoms with Crippen LogP contribution in [0.2, 0.25) is 5.02 Å². The number of aromatic nitrogens is 5. The van der Waals surface area contributed by atoms with Crippen molar-refractivity contribution in [1.29, 1.82) is 0 Å². The van der Waals surface area contributed by atoms with Crippen molar-refractivity contribution in [3.8, 4) is 22.7 Å². The fraction of sp³-hybridized carbons (Fsp3) is 0. The van der Waals surface area contributed by atoms with E-state index in [4.69, 9.17) is 16.0 Å². The highest BCUT2D eigenvalue weighted by molar-refractivity contribution is 6.31. The van der Waals surface area contributed by atoms with Gasteiger partial charge in [-0.25, -0.2) is 4.98 Å². The molecule has 0 atom stereocenters. The number of nitrogens with one attached hydrogen (secondary N) is 1. The van der Waals surface area contributed by atoms with Gasteiger partial charge in [-0.3, -0.25) is 4.79 Å². The zero-order valence-corrected chi connectivity index (χ0v) is 18.9. The largest absolute Gasteiger partial charge is 0.455 e. The van der Waals surface area contributed by atoms with Gasteiger partial charge in [0, 0.05) is 22.0 Å². The molecule has 8 heteroatoms. The van der Waals surface area contributed by atoms with Crippen LogP contribution in [-0.4, -0.2) is 25.6 Å². The van der Waals surface area contributed by atoms with Gasteiger partial charge in [-0.1, -0.05) is 60.1 Å². The summed E-state index contributed by atoms with van der Waals surface area (Å²) in [6.45, 7) is 0. The monoisotopic (exact) mass is 477 g/mol. The first-order valence-corrected chi connectivity index (χ1v) is 11.2. The average Bonchev–Trinajstić information content (AvgIpc) is 3.42. The quantitative estimate of drug-likeness (QED) is 0.334. The van der Waals surface area contributed by atoms with Crippen LogP contribution < -0.4 is 5.43 Å². The fourth-order valence-corrected chi connectivity index (χ4v) is 4.18. The summed E-state index contributed by atoms with van der Waals surface area (Å²) in [6.07, 6.45) is 3.93. The second-order valence-electron chi connectivity index (χ2n) is 7.93. The number of fused-ring (bicyclic) bond motifs is 2. The minimum Gasteiger partial charge on any atom is -0.455 e. The van der Waals surface area contributed by atoms with Gasteiger partial charge < -0.3 is 4.42 Å². The first kappa shape index (κ1) is 20.9. The molecule has 1 N–H and O–H groups in total. The van der Waals surface area contributed by atoms with Crippen LogP contribution in [0.15, 0.2) is 88.1 Å². The van der Waals surface area contributed by atoms with E-state index in [0.717, 1.165) is 27.7 Å². The summed E-state index contributed by atoms with van der Waals surface area (Å²) >= 11 is 6.23. The zero-order chi connectivity index (χ0) is 23.8. The van der Waals surface area contributed by atoms with Crippen molar-refractivity contribution in [3.63, 3.8) is 0 Å². The Balaban J connectivity index is 1.40. The maximum Gasteiger partial charge on any atom is 0.208 e. The Morgan fingerprint density at radius 1 is 0.914 bits per heavy atom. The van der Waals surface area contributed by atoms with Crippen LogP contribution in [0.25, 0.3) is 56.7 Å². The molecule has 6 rings (SSSR count). The standard InChI is InChI=1S/C27H16ClN5O2/c28-19-13-21-24(34)15-25(35-26(21)22(14-19)27-30-32-33-31-27)18-6-3-4-16(12-18)8-10-20-11-9-17-5-1-2-7-23(17)29-20/h1-15H,(H,30,31,32,33). The van der Waals surface area contributed by atoms with E-state index >= 15 is 0 Å². The van der Waals surface area contributed by atoms with Gasteiger partial charge in [-0.2, -0.15) is 5.21 Å². The number of tetrazole rings is 1. The summed E-state index contributed by atoms with van der Waals surface area (Å²) in [5, 5.41) is 15.9. The van der Waals surface area contributed by atoms with Gasteiger partial charge in [0.2, 0.25) is 5.82 Å². The highest BCUT2D eigenvalue weighted by Crippen LogP contribution is 2.31. The summed E-state index contributed by atoms with van der Waals surface area (Å²) in [5.74, 6) is 0.714. The molecule has 0 aliphatic rings. The molecule has 6 aromatic rings. The fourth-order valence-electron chi connectivity index (χ4n) is 3.96. The molecule has 0 fully saturated rings. The van der Waals surface area contributed by atoms with Crippen LogP contribution in [0.5, 0.6) is 0 Å². The van der Waals surface area contributed by atoms with E-state index in [1.165, 1.54) is 6.07 Å². The molecule has 0 aliphatic carbocycles. The second-order valence-corrected chi connectivity index (χ2v) is 8.36. The third kappa shape index (κ3) is 4.09. The summed E-state index contributed by atoms with van der Waals surface area (Å²) < 4.78 is 6.19. The van der Waals surface area contributed by atoms with Gasteiger partial charge in [-0.15, -0.1) is 10.2 Å². The van der Waals surface area contributed by atoms with Crippen molar-refractivity contribution < 1.29 is 4.42 Å². The molecule has 7 nitrogen and oxygen atoms in total. The normalized spacial score (nSPS) is 11.6. The first-order valence-electron chi connectivity index (χ1n) is 10.8. The maximum absolute atomic E-state index is 12.9. The minimum absolute atomic E-state index is 0.213. The molecule has 3 aromatic heterocycles. The van der Waals surface area contributed by atoms with Crippen molar-refractivity contribution in [2.75, 3.05) is 0 Å². The molecule has 0 unspecified atom stereocenters. The average molecular weight is 478 g/mol. The van der Waals surface area contributed by atoms with E-state index in [0.29, 0.717) is 27.3 Å². The molecular formula is C27H16ClN5O2. The van der Waals surface area contributed by atoms with Gasteiger partial charge in [0.25, 0.3) is 0 Å². The molecule has 0 spiro atoms. The highest BCUT2D eigenvalue weighted by atomic mass is 35.5. The number of H-pyrrole nitrogens is 1. The lowest BCUT2D eigenvalue weighted by molar-refractivity contribution is 0.619. The lowest BCUT2D eigenvalue weighted by Crippen LogP contribution is -2.02. The number of para-hydroxylation sites is 1. The molecule has 0 aliphatic heterocycles. The summed E-state index contributed by atoms with van der Waals surface area (Å²) in [7, 11) is 0. The topological polar surface area (TPSA) is 97.6 Å². The molecular weight excluding hydrogens is 462 g/mol. The molecule has 0 saturated heterocycles. The van der Waals surface area contributed by atoms with Gasteiger partial charge in [0.1, 0.15) is 11.3 Å². The van der Waals surface area contributed by atoms with E-state index in [9.17, 15) is 4.79 Å². The van der Waals surface area contributed by atoms with Crippen LogP contribution in [0.4, 0.5) is 0 Å². The Morgan fingerprint density at radius 2 is 1.83 bits per heavy atom. The molecule has 168 valence electrons. The molecule has 35 heavy (non-hydrogen) atoms. The molecule has 0 amide bonds. The third-order valence-corrected chi connectivity index (χ3v) is 5.84. The summed E-state index contributed by atoms with van der Waals surface area (Å²) in [4.78, 5) is 17.6. The Morgan fingerprint density at radius 3 is 2.71 bits per heavy atom. The number of rotatable bonds is 4. The van der Waals surface area contributed by atoms with E-state index in [1.54, 1.807) is 12.1 Å². The van der Waals surface area contributed by atoms with Crippen LogP contribution in [-0.2, 0) is 0 Å². The Labute approximate surface area is 203 Å². The summed E-state index contributed by atoms with van der Waals surface area (Å²) in [5.41, 5.74) is 4.11. The highest BCUT2D eigenvalue weighted by Gasteiger charge is 2.16. The van der Waals surface area contributed by atoms with Gasteiger partial charge in [-0.05, 0) is 47.2 Å². The van der Waals surface area contributed by atoms with E-state index in [2.05, 4.69) is 31.7 Å². The van der Waals surface area contributed by atoms with Gasteiger partial charge in [0.15, 0.2) is 5.43 Å². The van der Waals surface area contributed by atoms with E-state index in [1.807, 2.05) is 66.7 Å². The lowest BCUT2D eigenvalue weighted by Gasteiger charge is -2.07. The van der Waals surface area contributed by atoms with Crippen molar-refractivity contribution in [2.45, 2.75) is 0 Å². The molecule has 0 bridgehead atoms. The van der Waals surface area contributed by atoms with E-state index < -0.39 is 0 Å². The number of nitrogens with zero attached hydrogens (tertiary/aromatic N) is 4. The minimum atomic E-state index is -0.213. The number of hydrogen-bond acceptors (Lipinski definition) is 6. The smallest absolute Gasteiger partial charge is 0.208 e. The predicted octanol–water partition coefficient (Wildman–Crippen LogP) is 6.01. The first-order chi connectivity index (χ1) is 17.1. The van der Waals surface area contributed by atoms with Crippen molar-refractivity contribution in [2.24, 2.45) is 0 Å². The predicted molar refractivity (Wildman–Crippen MR) is 137 cm³/mol. The van der Waals surface area contributed by atoms with Gasteiger partial charge in [0.05, 0.1) is 22.2 Å². The van der Waals surface area contributed by atoms with Crippen molar-refractivity contribution in [3.05, 3.63) is 105 Å². The molecule has 3 heterocycles. The Hall–Kier alpha value is -4.62. The van der Waals surface area contributed by atoms with Crippen LogP contribution in [0, 0.1) is 0 Å². The van der Waals surface area contributed by atoms with Crippen LogP contribution >= 0.6 is 11.6 Å². The van der Waals surface area contributed by atoms with Crippen molar-refractivity contribution in [1.82, 2.24) is 25.6 Å². The van der Waals surface area contributed by atoms with Crippen LogP contribution in [0.1, 0.15) is 11.3 Å². The molecule has 3 aromatic carbocycles. The zero-order valence-electron chi connectivity index (χ0n) is 18.1. The Bertz CT molecular complexity index is 1790. The molecule has 0 radical (unpaired) electrons. The Kier molecular flexibility index (Phi) is 5.16. The second kappa shape index (κ2) is 8.62. The summed E-state index contributed by atoms with van der Waals surface area (Å²) in [6, 6.07) is 24.4. The molecule has 0 saturated carbocycles.